The third-order valence-corrected chi connectivity index (χ3v) is 2.99. The van der Waals surface area contributed by atoms with E-state index >= 15 is 0 Å². The minimum absolute atomic E-state index is 0.485. The SMILES string of the molecule is CCNCc1cncc(OCc2cccc(Br)c2)n1. The lowest BCUT2D eigenvalue weighted by molar-refractivity contribution is 0.291. The highest BCUT2D eigenvalue weighted by molar-refractivity contribution is 9.10. The Balaban J connectivity index is 1.95. The van der Waals surface area contributed by atoms with Crippen LogP contribution in [0.1, 0.15) is 18.2 Å². The second-order valence-electron chi connectivity index (χ2n) is 4.05. The van der Waals surface area contributed by atoms with Gasteiger partial charge in [0.1, 0.15) is 6.61 Å². The van der Waals surface area contributed by atoms with E-state index in [2.05, 4.69) is 38.1 Å². The number of rotatable bonds is 6. The van der Waals surface area contributed by atoms with Crippen LogP contribution in [-0.2, 0) is 13.2 Å². The lowest BCUT2D eigenvalue weighted by atomic mass is 10.2. The van der Waals surface area contributed by atoms with E-state index < -0.39 is 0 Å². The molecule has 0 radical (unpaired) electrons. The molecule has 0 atom stereocenters. The minimum atomic E-state index is 0.485. The van der Waals surface area contributed by atoms with Crippen molar-refractivity contribution in [2.24, 2.45) is 0 Å². The van der Waals surface area contributed by atoms with Gasteiger partial charge < -0.3 is 10.1 Å². The van der Waals surface area contributed by atoms with Gasteiger partial charge in [0.2, 0.25) is 5.88 Å². The second kappa shape index (κ2) is 7.21. The fourth-order valence-corrected chi connectivity index (χ4v) is 2.02. The molecule has 2 rings (SSSR count). The van der Waals surface area contributed by atoms with Crippen molar-refractivity contribution in [3.63, 3.8) is 0 Å². The lowest BCUT2D eigenvalue weighted by Gasteiger charge is -2.07. The lowest BCUT2D eigenvalue weighted by Crippen LogP contribution is -2.13. The maximum Gasteiger partial charge on any atom is 0.232 e. The van der Waals surface area contributed by atoms with Gasteiger partial charge in [-0.25, -0.2) is 4.98 Å². The predicted molar refractivity (Wildman–Crippen MR) is 77.9 cm³/mol. The number of nitrogens with zero attached hydrogens (tertiary/aromatic N) is 2. The molecule has 2 aromatic rings. The van der Waals surface area contributed by atoms with Crippen molar-refractivity contribution in [1.82, 2.24) is 15.3 Å². The monoisotopic (exact) mass is 321 g/mol. The Bertz CT molecular complexity index is 534. The van der Waals surface area contributed by atoms with Crippen molar-refractivity contribution in [2.45, 2.75) is 20.1 Å². The quantitative estimate of drug-likeness (QED) is 0.888. The third kappa shape index (κ3) is 4.61. The summed E-state index contributed by atoms with van der Waals surface area (Å²) in [5.74, 6) is 0.551. The smallest absolute Gasteiger partial charge is 0.232 e. The molecule has 5 heteroatoms. The van der Waals surface area contributed by atoms with Crippen molar-refractivity contribution in [1.29, 1.82) is 0 Å². The standard InChI is InChI=1S/C14H16BrN3O/c1-2-16-7-13-8-17-9-14(18-13)19-10-11-4-3-5-12(15)6-11/h3-6,8-9,16H,2,7,10H2,1H3. The third-order valence-electron chi connectivity index (χ3n) is 2.49. The highest BCUT2D eigenvalue weighted by atomic mass is 79.9. The summed E-state index contributed by atoms with van der Waals surface area (Å²) >= 11 is 3.44. The summed E-state index contributed by atoms with van der Waals surface area (Å²) in [5, 5.41) is 3.21. The maximum absolute atomic E-state index is 5.65. The first-order chi connectivity index (χ1) is 9.28. The fourth-order valence-electron chi connectivity index (χ4n) is 1.58. The molecular formula is C14H16BrN3O. The predicted octanol–water partition coefficient (Wildman–Crippen LogP) is 2.93. The van der Waals surface area contributed by atoms with Gasteiger partial charge in [0.15, 0.2) is 0 Å². The van der Waals surface area contributed by atoms with Gasteiger partial charge in [-0.1, -0.05) is 35.0 Å². The molecule has 100 valence electrons. The Morgan fingerprint density at radius 3 is 3.00 bits per heavy atom. The second-order valence-corrected chi connectivity index (χ2v) is 4.96. The topological polar surface area (TPSA) is 47.0 Å². The summed E-state index contributed by atoms with van der Waals surface area (Å²) < 4.78 is 6.69. The largest absolute Gasteiger partial charge is 0.472 e. The van der Waals surface area contributed by atoms with Crippen molar-refractivity contribution >= 4 is 15.9 Å². The van der Waals surface area contributed by atoms with E-state index in [0.717, 1.165) is 22.3 Å². The Kier molecular flexibility index (Phi) is 5.30. The molecule has 19 heavy (non-hydrogen) atoms. The van der Waals surface area contributed by atoms with Crippen LogP contribution >= 0.6 is 15.9 Å². The van der Waals surface area contributed by atoms with Gasteiger partial charge in [0.25, 0.3) is 0 Å². The molecule has 1 aromatic heterocycles. The molecule has 0 fully saturated rings. The molecule has 4 nitrogen and oxygen atoms in total. The summed E-state index contributed by atoms with van der Waals surface area (Å²) in [5.41, 5.74) is 1.97. The van der Waals surface area contributed by atoms with Gasteiger partial charge >= 0.3 is 0 Å². The number of hydrogen-bond acceptors (Lipinski definition) is 4. The van der Waals surface area contributed by atoms with Gasteiger partial charge in [0.05, 0.1) is 11.9 Å². The van der Waals surface area contributed by atoms with Crippen molar-refractivity contribution in [3.8, 4) is 5.88 Å². The summed E-state index contributed by atoms with van der Waals surface area (Å²) in [4.78, 5) is 8.52. The number of nitrogens with one attached hydrogen (secondary N) is 1. The van der Waals surface area contributed by atoms with E-state index in [4.69, 9.17) is 4.74 Å². The zero-order valence-electron chi connectivity index (χ0n) is 10.8. The molecule has 0 spiro atoms. The molecule has 1 aromatic carbocycles. The summed E-state index contributed by atoms with van der Waals surface area (Å²) in [6.45, 7) is 4.15. The summed E-state index contributed by atoms with van der Waals surface area (Å²) in [7, 11) is 0. The number of halogens is 1. The van der Waals surface area contributed by atoms with Crippen LogP contribution in [0.2, 0.25) is 0 Å². The molecule has 0 unspecified atom stereocenters. The van der Waals surface area contributed by atoms with Crippen LogP contribution in [0.25, 0.3) is 0 Å². The van der Waals surface area contributed by atoms with Crippen molar-refractivity contribution in [2.75, 3.05) is 6.54 Å². The number of ether oxygens (including phenoxy) is 1. The average Bonchev–Trinajstić information content (AvgIpc) is 2.43. The molecular weight excluding hydrogens is 306 g/mol. The van der Waals surface area contributed by atoms with E-state index in [9.17, 15) is 0 Å². The number of aromatic nitrogens is 2. The van der Waals surface area contributed by atoms with Crippen LogP contribution in [0.3, 0.4) is 0 Å². The number of hydrogen-bond donors (Lipinski definition) is 1. The zero-order chi connectivity index (χ0) is 13.5. The molecule has 0 aliphatic heterocycles. The highest BCUT2D eigenvalue weighted by Gasteiger charge is 2.01. The van der Waals surface area contributed by atoms with E-state index in [1.54, 1.807) is 12.4 Å². The van der Waals surface area contributed by atoms with Crippen LogP contribution in [0.4, 0.5) is 0 Å². The van der Waals surface area contributed by atoms with E-state index in [1.807, 2.05) is 24.3 Å². The van der Waals surface area contributed by atoms with Crippen LogP contribution < -0.4 is 10.1 Å². The molecule has 1 heterocycles. The van der Waals surface area contributed by atoms with Crippen molar-refractivity contribution in [3.05, 3.63) is 52.4 Å². The molecule has 0 amide bonds. The van der Waals surface area contributed by atoms with E-state index in [1.165, 1.54) is 0 Å². The zero-order valence-corrected chi connectivity index (χ0v) is 12.4. The Labute approximate surface area is 121 Å². The molecule has 0 saturated carbocycles. The first-order valence-electron chi connectivity index (χ1n) is 6.17. The molecule has 0 bridgehead atoms. The van der Waals surface area contributed by atoms with Gasteiger partial charge in [-0.15, -0.1) is 0 Å². The number of benzene rings is 1. The normalized spacial score (nSPS) is 10.4. The van der Waals surface area contributed by atoms with Gasteiger partial charge in [-0.3, -0.25) is 4.98 Å². The minimum Gasteiger partial charge on any atom is -0.472 e. The molecule has 1 N–H and O–H groups in total. The molecule has 0 saturated heterocycles. The van der Waals surface area contributed by atoms with Crippen LogP contribution in [0, 0.1) is 0 Å². The van der Waals surface area contributed by atoms with E-state index in [-0.39, 0.29) is 0 Å². The molecule has 0 aliphatic rings. The first-order valence-corrected chi connectivity index (χ1v) is 6.96. The van der Waals surface area contributed by atoms with Crippen LogP contribution in [-0.4, -0.2) is 16.5 Å². The van der Waals surface area contributed by atoms with Gasteiger partial charge in [-0.05, 0) is 24.2 Å². The summed E-state index contributed by atoms with van der Waals surface area (Å²) in [6, 6.07) is 8.01. The van der Waals surface area contributed by atoms with Crippen molar-refractivity contribution < 1.29 is 4.74 Å². The fraction of sp³-hybridized carbons (Fsp3) is 0.286. The Morgan fingerprint density at radius 1 is 1.32 bits per heavy atom. The van der Waals surface area contributed by atoms with Crippen LogP contribution in [0.5, 0.6) is 5.88 Å². The molecule has 0 aliphatic carbocycles. The van der Waals surface area contributed by atoms with Gasteiger partial charge in [-0.2, -0.15) is 0 Å². The highest BCUT2D eigenvalue weighted by Crippen LogP contribution is 2.14. The van der Waals surface area contributed by atoms with Crippen LogP contribution in [0.15, 0.2) is 41.1 Å². The first kappa shape index (κ1) is 14.0. The van der Waals surface area contributed by atoms with Gasteiger partial charge in [0, 0.05) is 17.2 Å². The Morgan fingerprint density at radius 2 is 2.21 bits per heavy atom. The summed E-state index contributed by atoms with van der Waals surface area (Å²) in [6.07, 6.45) is 3.38. The van der Waals surface area contributed by atoms with E-state index in [0.29, 0.717) is 19.0 Å². The Hall–Kier alpha value is -1.46. The maximum atomic E-state index is 5.65. The average molecular weight is 322 g/mol.